The second-order valence-electron chi connectivity index (χ2n) is 5.82. The van der Waals surface area contributed by atoms with E-state index < -0.39 is 29.5 Å². The van der Waals surface area contributed by atoms with E-state index in [0.717, 1.165) is 17.7 Å². The molecule has 0 aliphatic rings. The Labute approximate surface area is 145 Å². The van der Waals surface area contributed by atoms with Crippen LogP contribution in [0.15, 0.2) is 54.6 Å². The van der Waals surface area contributed by atoms with Crippen LogP contribution in [0.25, 0.3) is 0 Å². The first-order chi connectivity index (χ1) is 11.8. The molecule has 0 saturated heterocycles. The van der Waals surface area contributed by atoms with E-state index in [1.165, 1.54) is 26.2 Å². The predicted molar refractivity (Wildman–Crippen MR) is 90.6 cm³/mol. The number of amides is 1. The van der Waals surface area contributed by atoms with Crippen molar-refractivity contribution in [1.82, 2.24) is 5.32 Å². The highest BCUT2D eigenvalue weighted by Gasteiger charge is 2.41. The van der Waals surface area contributed by atoms with E-state index >= 15 is 0 Å². The van der Waals surface area contributed by atoms with Crippen LogP contribution in [0.2, 0.25) is 0 Å². The van der Waals surface area contributed by atoms with Gasteiger partial charge >= 0.3 is 5.92 Å². The summed E-state index contributed by atoms with van der Waals surface area (Å²) >= 11 is 0. The van der Waals surface area contributed by atoms with Gasteiger partial charge in [0.25, 0.3) is 5.91 Å². The summed E-state index contributed by atoms with van der Waals surface area (Å²) in [7, 11) is 1.43. The number of ether oxygens (including phenoxy) is 1. The fourth-order valence-corrected chi connectivity index (χ4v) is 2.36. The highest BCUT2D eigenvalue weighted by molar-refractivity contribution is 5.85. The standard InChI is InChI=1S/C19H21F2NO3/c1-13(17(23)12-14-6-4-3-5-7-14)22-18(24)19(20,21)15-8-10-16(25-2)11-9-15/h3-11,13,17,23H,12H2,1-2H3,(H,22,24). The maximum Gasteiger partial charge on any atom is 0.349 e. The Morgan fingerprint density at radius 2 is 1.76 bits per heavy atom. The van der Waals surface area contributed by atoms with Gasteiger partial charge in [-0.15, -0.1) is 0 Å². The van der Waals surface area contributed by atoms with Crippen molar-refractivity contribution in [2.45, 2.75) is 31.4 Å². The van der Waals surface area contributed by atoms with E-state index in [1.54, 1.807) is 0 Å². The van der Waals surface area contributed by atoms with Gasteiger partial charge in [0, 0.05) is 12.0 Å². The van der Waals surface area contributed by atoms with Gasteiger partial charge in [0.2, 0.25) is 0 Å². The molecule has 2 unspecified atom stereocenters. The Kier molecular flexibility index (Phi) is 6.09. The lowest BCUT2D eigenvalue weighted by atomic mass is 10.0. The number of rotatable bonds is 7. The highest BCUT2D eigenvalue weighted by Crippen LogP contribution is 2.29. The number of benzene rings is 2. The number of aliphatic hydroxyl groups is 1. The van der Waals surface area contributed by atoms with Crippen LogP contribution in [-0.2, 0) is 17.1 Å². The van der Waals surface area contributed by atoms with Gasteiger partial charge in [0.1, 0.15) is 5.75 Å². The van der Waals surface area contributed by atoms with E-state index in [9.17, 15) is 18.7 Å². The van der Waals surface area contributed by atoms with Crippen LogP contribution in [0.5, 0.6) is 5.75 Å². The van der Waals surface area contributed by atoms with Gasteiger partial charge < -0.3 is 15.2 Å². The molecular formula is C19H21F2NO3. The maximum atomic E-state index is 14.3. The van der Waals surface area contributed by atoms with Crippen LogP contribution in [0.1, 0.15) is 18.1 Å². The first kappa shape index (κ1) is 18.9. The second-order valence-corrected chi connectivity index (χ2v) is 5.82. The summed E-state index contributed by atoms with van der Waals surface area (Å²) in [6.45, 7) is 1.50. The number of halogens is 2. The third-order valence-electron chi connectivity index (χ3n) is 3.96. The van der Waals surface area contributed by atoms with Gasteiger partial charge in [-0.25, -0.2) is 0 Å². The molecule has 1 amide bonds. The molecule has 134 valence electrons. The fourth-order valence-electron chi connectivity index (χ4n) is 2.36. The summed E-state index contributed by atoms with van der Waals surface area (Å²) in [4.78, 5) is 12.0. The number of alkyl halides is 2. The molecule has 6 heteroatoms. The van der Waals surface area contributed by atoms with Crippen molar-refractivity contribution in [3.8, 4) is 5.75 Å². The number of methoxy groups -OCH3 is 1. The van der Waals surface area contributed by atoms with Crippen LogP contribution >= 0.6 is 0 Å². The minimum atomic E-state index is -3.70. The van der Waals surface area contributed by atoms with Gasteiger partial charge in [-0.05, 0) is 36.8 Å². The summed E-state index contributed by atoms with van der Waals surface area (Å²) in [6, 6.07) is 13.3. The molecule has 25 heavy (non-hydrogen) atoms. The minimum Gasteiger partial charge on any atom is -0.497 e. The number of hydrogen-bond donors (Lipinski definition) is 2. The SMILES string of the molecule is COc1ccc(C(F)(F)C(=O)NC(C)C(O)Cc2ccccc2)cc1. The van der Waals surface area contributed by atoms with Gasteiger partial charge in [0.05, 0.1) is 19.3 Å². The first-order valence-electron chi connectivity index (χ1n) is 7.90. The van der Waals surface area contributed by atoms with E-state index in [-0.39, 0.29) is 6.42 Å². The Morgan fingerprint density at radius 1 is 1.16 bits per heavy atom. The average molecular weight is 349 g/mol. The fraction of sp³-hybridized carbons (Fsp3) is 0.316. The molecule has 4 nitrogen and oxygen atoms in total. The quantitative estimate of drug-likeness (QED) is 0.808. The van der Waals surface area contributed by atoms with E-state index in [2.05, 4.69) is 5.32 Å². The summed E-state index contributed by atoms with van der Waals surface area (Å²) in [5.74, 6) is -4.73. The zero-order valence-corrected chi connectivity index (χ0v) is 14.1. The summed E-state index contributed by atoms with van der Waals surface area (Å²) in [6.07, 6.45) is -0.714. The van der Waals surface area contributed by atoms with Crippen molar-refractivity contribution in [3.63, 3.8) is 0 Å². The molecule has 0 spiro atoms. The van der Waals surface area contributed by atoms with Crippen LogP contribution < -0.4 is 10.1 Å². The normalized spacial score (nSPS) is 13.8. The minimum absolute atomic E-state index is 0.260. The molecule has 0 aliphatic heterocycles. The van der Waals surface area contributed by atoms with Gasteiger partial charge in [-0.1, -0.05) is 30.3 Å². The number of carbonyl (C=O) groups is 1. The smallest absolute Gasteiger partial charge is 0.349 e. The molecule has 0 fully saturated rings. The Morgan fingerprint density at radius 3 is 2.32 bits per heavy atom. The molecule has 2 aromatic rings. The molecular weight excluding hydrogens is 328 g/mol. The lowest BCUT2D eigenvalue weighted by Gasteiger charge is -2.23. The van der Waals surface area contributed by atoms with Crippen LogP contribution in [0, 0.1) is 0 Å². The van der Waals surface area contributed by atoms with Crippen molar-refractivity contribution in [1.29, 1.82) is 0 Å². The van der Waals surface area contributed by atoms with Gasteiger partial charge in [-0.2, -0.15) is 8.78 Å². The Balaban J connectivity index is 2.00. The molecule has 0 bridgehead atoms. The third-order valence-corrected chi connectivity index (χ3v) is 3.96. The zero-order chi connectivity index (χ0) is 18.4. The zero-order valence-electron chi connectivity index (χ0n) is 14.1. The van der Waals surface area contributed by atoms with Crippen LogP contribution in [0.4, 0.5) is 8.78 Å². The molecule has 2 atom stereocenters. The number of nitrogens with one attached hydrogen (secondary N) is 1. The Hall–Kier alpha value is -2.47. The van der Waals surface area contributed by atoms with E-state index in [1.807, 2.05) is 30.3 Å². The molecule has 0 aromatic heterocycles. The predicted octanol–water partition coefficient (Wildman–Crippen LogP) is 2.90. The van der Waals surface area contributed by atoms with Gasteiger partial charge in [-0.3, -0.25) is 4.79 Å². The average Bonchev–Trinajstić information content (AvgIpc) is 2.62. The van der Waals surface area contributed by atoms with Crippen molar-refractivity contribution in [2.75, 3.05) is 7.11 Å². The van der Waals surface area contributed by atoms with E-state index in [4.69, 9.17) is 4.74 Å². The summed E-state index contributed by atoms with van der Waals surface area (Å²) in [5.41, 5.74) is 0.425. The first-order valence-corrected chi connectivity index (χ1v) is 7.90. The lowest BCUT2D eigenvalue weighted by Crippen LogP contribution is -2.47. The summed E-state index contributed by atoms with van der Waals surface area (Å²) < 4.78 is 33.5. The summed E-state index contributed by atoms with van der Waals surface area (Å²) in [5, 5.41) is 12.3. The van der Waals surface area contributed by atoms with Crippen molar-refractivity contribution in [2.24, 2.45) is 0 Å². The number of hydrogen-bond acceptors (Lipinski definition) is 3. The molecule has 0 radical (unpaired) electrons. The van der Waals surface area contributed by atoms with E-state index in [0.29, 0.717) is 5.75 Å². The second kappa shape index (κ2) is 8.07. The third kappa shape index (κ3) is 4.76. The maximum absolute atomic E-state index is 14.3. The topological polar surface area (TPSA) is 58.6 Å². The molecule has 0 aliphatic carbocycles. The molecule has 2 rings (SSSR count). The number of carbonyl (C=O) groups excluding carboxylic acids is 1. The molecule has 2 N–H and O–H groups in total. The molecule has 2 aromatic carbocycles. The van der Waals surface area contributed by atoms with Crippen molar-refractivity contribution in [3.05, 3.63) is 65.7 Å². The molecule has 0 heterocycles. The van der Waals surface area contributed by atoms with Crippen LogP contribution in [0.3, 0.4) is 0 Å². The number of aliphatic hydroxyl groups excluding tert-OH is 1. The van der Waals surface area contributed by atoms with Crippen LogP contribution in [-0.4, -0.2) is 30.3 Å². The van der Waals surface area contributed by atoms with Crippen molar-refractivity contribution >= 4 is 5.91 Å². The monoisotopic (exact) mass is 349 g/mol. The lowest BCUT2D eigenvalue weighted by molar-refractivity contribution is -0.148. The van der Waals surface area contributed by atoms with Gasteiger partial charge in [0.15, 0.2) is 0 Å². The highest BCUT2D eigenvalue weighted by atomic mass is 19.3. The van der Waals surface area contributed by atoms with Crippen molar-refractivity contribution < 1.29 is 23.4 Å². The Bertz CT molecular complexity index is 690. The molecule has 0 saturated carbocycles. The largest absolute Gasteiger partial charge is 0.497 e.